The number of hydrogen-bond acceptors (Lipinski definition) is 5. The van der Waals surface area contributed by atoms with E-state index in [2.05, 4.69) is 15.3 Å². The maximum absolute atomic E-state index is 12.3. The highest BCUT2D eigenvalue weighted by atomic mass is 16.5. The molecule has 3 rings (SSSR count). The van der Waals surface area contributed by atoms with Gasteiger partial charge in [0.05, 0.1) is 18.8 Å². The number of furan rings is 1. The fourth-order valence-corrected chi connectivity index (χ4v) is 3.28. The van der Waals surface area contributed by atoms with Crippen LogP contribution in [0.3, 0.4) is 0 Å². The third-order valence-electron chi connectivity index (χ3n) is 4.88. The molecule has 1 saturated heterocycles. The van der Waals surface area contributed by atoms with Gasteiger partial charge in [0.2, 0.25) is 5.91 Å². The van der Waals surface area contributed by atoms with Gasteiger partial charge in [0, 0.05) is 31.7 Å². The lowest BCUT2D eigenvalue weighted by molar-refractivity contribution is -0.123. The van der Waals surface area contributed by atoms with Crippen LogP contribution < -0.4 is 5.32 Å². The summed E-state index contributed by atoms with van der Waals surface area (Å²) in [5, 5.41) is 7.47. The number of carbonyl (C=O) groups excluding carboxylic acids is 1. The highest BCUT2D eigenvalue weighted by Crippen LogP contribution is 2.27. The van der Waals surface area contributed by atoms with E-state index in [1.165, 1.54) is 0 Å². The van der Waals surface area contributed by atoms with Crippen LogP contribution in [0.25, 0.3) is 0 Å². The summed E-state index contributed by atoms with van der Waals surface area (Å²) in [6, 6.07) is 6.16. The van der Waals surface area contributed by atoms with Crippen molar-refractivity contribution in [3.63, 3.8) is 0 Å². The number of piperidine rings is 1. The predicted molar refractivity (Wildman–Crippen MR) is 103 cm³/mol. The van der Waals surface area contributed by atoms with Gasteiger partial charge >= 0.3 is 0 Å². The van der Waals surface area contributed by atoms with Crippen LogP contribution in [0.15, 0.2) is 28.8 Å². The molecule has 27 heavy (non-hydrogen) atoms. The molecule has 1 aliphatic heterocycles. The van der Waals surface area contributed by atoms with Gasteiger partial charge in [-0.3, -0.25) is 9.69 Å². The van der Waals surface area contributed by atoms with Gasteiger partial charge in [0.25, 0.3) is 0 Å². The Balaban J connectivity index is 1.55. The fourth-order valence-electron chi connectivity index (χ4n) is 3.28. The Bertz CT molecular complexity index is 751. The highest BCUT2D eigenvalue weighted by Gasteiger charge is 2.26. The van der Waals surface area contributed by atoms with Crippen LogP contribution in [-0.2, 0) is 22.7 Å². The number of aromatic nitrogens is 2. The van der Waals surface area contributed by atoms with Gasteiger partial charge in [-0.15, -0.1) is 0 Å². The second-order valence-electron chi connectivity index (χ2n) is 8.17. The number of likely N-dealkylation sites (tertiary alicyclic amines) is 1. The number of amides is 1. The van der Waals surface area contributed by atoms with Crippen LogP contribution in [0.5, 0.6) is 0 Å². The van der Waals surface area contributed by atoms with Crippen molar-refractivity contribution in [2.75, 3.05) is 25.5 Å². The van der Waals surface area contributed by atoms with Crippen LogP contribution in [0.1, 0.15) is 51.2 Å². The minimum Gasteiger partial charge on any atom is -0.462 e. The Hall–Kier alpha value is -2.12. The largest absolute Gasteiger partial charge is 0.462 e. The molecule has 1 amide bonds. The van der Waals surface area contributed by atoms with Crippen molar-refractivity contribution in [1.82, 2.24) is 14.7 Å². The third kappa shape index (κ3) is 4.99. The molecule has 0 unspecified atom stereocenters. The summed E-state index contributed by atoms with van der Waals surface area (Å²) in [5.41, 5.74) is -0.427. The zero-order valence-electron chi connectivity index (χ0n) is 16.7. The Kier molecular flexibility index (Phi) is 6.01. The van der Waals surface area contributed by atoms with Gasteiger partial charge in [0.1, 0.15) is 23.9 Å². The van der Waals surface area contributed by atoms with E-state index in [-0.39, 0.29) is 5.91 Å². The molecule has 148 valence electrons. The van der Waals surface area contributed by atoms with Gasteiger partial charge < -0.3 is 14.5 Å². The number of nitrogens with zero attached hydrogens (tertiary/aromatic N) is 3. The van der Waals surface area contributed by atoms with Crippen molar-refractivity contribution >= 4 is 11.7 Å². The molecule has 0 saturated carbocycles. The lowest BCUT2D eigenvalue weighted by atomic mass is 9.96. The number of anilines is 1. The van der Waals surface area contributed by atoms with Crippen molar-refractivity contribution in [2.24, 2.45) is 5.41 Å². The summed E-state index contributed by atoms with van der Waals surface area (Å²) in [4.78, 5) is 14.7. The highest BCUT2D eigenvalue weighted by molar-refractivity contribution is 5.93. The molecule has 0 atom stereocenters. The van der Waals surface area contributed by atoms with Crippen molar-refractivity contribution in [1.29, 1.82) is 0 Å². The van der Waals surface area contributed by atoms with Gasteiger partial charge in [0.15, 0.2) is 0 Å². The molecular formula is C20H30N4O3. The minimum absolute atomic E-state index is 0.00590. The molecule has 3 heterocycles. The summed E-state index contributed by atoms with van der Waals surface area (Å²) in [5.74, 6) is 2.62. The average Bonchev–Trinajstić information content (AvgIpc) is 3.25. The van der Waals surface area contributed by atoms with Crippen LogP contribution in [0.4, 0.5) is 5.82 Å². The Morgan fingerprint density at radius 1 is 1.26 bits per heavy atom. The molecule has 2 aromatic rings. The Morgan fingerprint density at radius 3 is 2.63 bits per heavy atom. The van der Waals surface area contributed by atoms with E-state index >= 15 is 0 Å². The van der Waals surface area contributed by atoms with E-state index in [9.17, 15) is 4.79 Å². The monoisotopic (exact) mass is 374 g/mol. The second kappa shape index (κ2) is 8.27. The van der Waals surface area contributed by atoms with Crippen LogP contribution in [0.2, 0.25) is 0 Å². The number of ether oxygens (including phenoxy) is 1. The smallest absolute Gasteiger partial charge is 0.230 e. The number of carbonyl (C=O) groups is 1. The maximum atomic E-state index is 12.3. The van der Waals surface area contributed by atoms with Gasteiger partial charge in [-0.05, 0) is 25.0 Å². The number of rotatable bonds is 6. The van der Waals surface area contributed by atoms with Gasteiger partial charge in [-0.25, -0.2) is 4.68 Å². The molecule has 1 N–H and O–H groups in total. The van der Waals surface area contributed by atoms with E-state index in [1.807, 2.05) is 43.7 Å². The van der Waals surface area contributed by atoms with E-state index in [0.717, 1.165) is 49.8 Å². The molecular weight excluding hydrogens is 344 g/mol. The summed E-state index contributed by atoms with van der Waals surface area (Å²) in [6.07, 6.45) is 3.74. The van der Waals surface area contributed by atoms with E-state index < -0.39 is 5.41 Å². The van der Waals surface area contributed by atoms with E-state index in [0.29, 0.717) is 12.6 Å². The summed E-state index contributed by atoms with van der Waals surface area (Å²) in [7, 11) is 1.67. The SMILES string of the molecule is COCc1ccc(CN2CCC(n3nccc3NC(=O)C(C)(C)C)CC2)o1. The molecule has 0 aromatic carbocycles. The number of hydrogen-bond donors (Lipinski definition) is 1. The molecule has 1 fully saturated rings. The molecule has 2 aromatic heterocycles. The van der Waals surface area contributed by atoms with Gasteiger partial charge in [-0.1, -0.05) is 20.8 Å². The molecule has 0 aliphatic carbocycles. The molecule has 7 heteroatoms. The van der Waals surface area contributed by atoms with E-state index in [1.54, 1.807) is 13.3 Å². The molecule has 0 bridgehead atoms. The Labute approximate surface area is 160 Å². The van der Waals surface area contributed by atoms with Crippen LogP contribution in [-0.4, -0.2) is 40.8 Å². The second-order valence-corrected chi connectivity index (χ2v) is 8.17. The zero-order valence-corrected chi connectivity index (χ0v) is 16.7. The summed E-state index contributed by atoms with van der Waals surface area (Å²) >= 11 is 0. The third-order valence-corrected chi connectivity index (χ3v) is 4.88. The molecule has 0 spiro atoms. The quantitative estimate of drug-likeness (QED) is 0.838. The normalized spacial score (nSPS) is 16.6. The Morgan fingerprint density at radius 2 is 1.96 bits per heavy atom. The summed E-state index contributed by atoms with van der Waals surface area (Å²) in [6.45, 7) is 8.99. The van der Waals surface area contributed by atoms with Crippen molar-refractivity contribution in [2.45, 2.75) is 52.8 Å². The maximum Gasteiger partial charge on any atom is 0.230 e. The summed E-state index contributed by atoms with van der Waals surface area (Å²) < 4.78 is 12.9. The lowest BCUT2D eigenvalue weighted by Crippen LogP contribution is -2.35. The zero-order chi connectivity index (χ0) is 19.4. The first-order chi connectivity index (χ1) is 12.9. The first-order valence-corrected chi connectivity index (χ1v) is 9.50. The fraction of sp³-hybridized carbons (Fsp3) is 0.600. The molecule has 0 radical (unpaired) electrons. The van der Waals surface area contributed by atoms with Crippen molar-refractivity contribution in [3.05, 3.63) is 35.9 Å². The average molecular weight is 374 g/mol. The van der Waals surface area contributed by atoms with Crippen molar-refractivity contribution < 1.29 is 13.9 Å². The first-order valence-electron chi connectivity index (χ1n) is 9.50. The van der Waals surface area contributed by atoms with Crippen LogP contribution in [0, 0.1) is 5.41 Å². The minimum atomic E-state index is -0.427. The molecule has 1 aliphatic rings. The number of methoxy groups -OCH3 is 1. The lowest BCUT2D eigenvalue weighted by Gasteiger charge is -2.32. The van der Waals surface area contributed by atoms with Crippen molar-refractivity contribution in [3.8, 4) is 0 Å². The van der Waals surface area contributed by atoms with Gasteiger partial charge in [-0.2, -0.15) is 5.10 Å². The van der Waals surface area contributed by atoms with Crippen LogP contribution >= 0.6 is 0 Å². The van der Waals surface area contributed by atoms with E-state index in [4.69, 9.17) is 9.15 Å². The standard InChI is InChI=1S/C20H30N4O3/c1-20(2,3)19(25)22-18-7-10-21-24(18)15-8-11-23(12-9-15)13-16-5-6-17(27-16)14-26-4/h5-7,10,15H,8-9,11-14H2,1-4H3,(H,22,25). The topological polar surface area (TPSA) is 72.5 Å². The molecule has 7 nitrogen and oxygen atoms in total. The first kappa shape index (κ1) is 19.6. The predicted octanol–water partition coefficient (Wildman–Crippen LogP) is 3.44. The number of nitrogens with one attached hydrogen (secondary N) is 1.